The molecule has 0 rings (SSSR count). The predicted molar refractivity (Wildman–Crippen MR) is 47.7 cm³/mol. The zero-order chi connectivity index (χ0) is 10.3. The fourth-order valence-corrected chi connectivity index (χ4v) is 0.936. The molecule has 5 N–H and O–H groups in total. The molecule has 5 heteroatoms. The summed E-state index contributed by atoms with van der Waals surface area (Å²) in [4.78, 5) is 10.6. The van der Waals surface area contributed by atoms with Gasteiger partial charge in [-0.25, -0.2) is 9.18 Å². The normalized spacial score (nSPS) is 15.9. The van der Waals surface area contributed by atoms with E-state index in [-0.39, 0.29) is 12.8 Å². The molecule has 1 atom stereocenters. The maximum absolute atomic E-state index is 11.8. The number of unbranched alkanes of at least 4 members (excludes halogenated alkanes) is 1. The molecule has 0 heterocycles. The van der Waals surface area contributed by atoms with Crippen molar-refractivity contribution in [2.75, 3.05) is 6.54 Å². The zero-order valence-corrected chi connectivity index (χ0v) is 7.37. The fourth-order valence-electron chi connectivity index (χ4n) is 0.936. The lowest BCUT2D eigenvalue weighted by molar-refractivity contribution is -0.141. The van der Waals surface area contributed by atoms with Crippen LogP contribution in [0.4, 0.5) is 4.39 Å². The SMILES string of the molecule is NCCCC[C@@](N)(/C=C\F)C(=O)O. The van der Waals surface area contributed by atoms with Gasteiger partial charge in [-0.3, -0.25) is 0 Å². The maximum Gasteiger partial charge on any atom is 0.327 e. The van der Waals surface area contributed by atoms with Crippen LogP contribution in [0, 0.1) is 0 Å². The first kappa shape index (κ1) is 12.1. The number of carboxylic acid groups (broad SMARTS) is 1. The van der Waals surface area contributed by atoms with E-state index in [0.717, 1.165) is 6.08 Å². The Kier molecular flexibility index (Phi) is 5.25. The van der Waals surface area contributed by atoms with Gasteiger partial charge in [-0.2, -0.15) is 0 Å². The second-order valence-corrected chi connectivity index (χ2v) is 2.88. The molecule has 0 aromatic rings. The Hall–Kier alpha value is -0.940. The summed E-state index contributed by atoms with van der Waals surface area (Å²) in [6, 6.07) is 0. The van der Waals surface area contributed by atoms with E-state index in [1.165, 1.54) is 0 Å². The summed E-state index contributed by atoms with van der Waals surface area (Å²) >= 11 is 0. The highest BCUT2D eigenvalue weighted by atomic mass is 19.1. The van der Waals surface area contributed by atoms with Crippen molar-refractivity contribution in [3.05, 3.63) is 12.4 Å². The lowest BCUT2D eigenvalue weighted by atomic mass is 9.94. The van der Waals surface area contributed by atoms with Crippen LogP contribution < -0.4 is 11.5 Å². The monoisotopic (exact) mass is 190 g/mol. The van der Waals surface area contributed by atoms with Crippen LogP contribution in [0.2, 0.25) is 0 Å². The van der Waals surface area contributed by atoms with Gasteiger partial charge in [0.25, 0.3) is 0 Å². The average molecular weight is 190 g/mol. The Morgan fingerprint density at radius 3 is 2.54 bits per heavy atom. The summed E-state index contributed by atoms with van der Waals surface area (Å²) in [7, 11) is 0. The van der Waals surface area contributed by atoms with E-state index < -0.39 is 11.5 Å². The molecule has 0 radical (unpaired) electrons. The summed E-state index contributed by atoms with van der Waals surface area (Å²) in [5.41, 5.74) is 9.06. The van der Waals surface area contributed by atoms with Crippen molar-refractivity contribution < 1.29 is 14.3 Å². The highest BCUT2D eigenvalue weighted by Crippen LogP contribution is 2.13. The molecule has 4 nitrogen and oxygen atoms in total. The molecule has 0 amide bonds. The van der Waals surface area contributed by atoms with Gasteiger partial charge in [-0.15, -0.1) is 0 Å². The molecule has 0 aromatic carbocycles. The van der Waals surface area contributed by atoms with Crippen LogP contribution in [0.15, 0.2) is 12.4 Å². The van der Waals surface area contributed by atoms with Crippen molar-refractivity contribution in [2.45, 2.75) is 24.8 Å². The molecule has 0 spiro atoms. The van der Waals surface area contributed by atoms with E-state index in [1.54, 1.807) is 0 Å². The lowest BCUT2D eigenvalue weighted by Gasteiger charge is -2.19. The molecule has 0 aliphatic heterocycles. The van der Waals surface area contributed by atoms with Crippen molar-refractivity contribution in [3.63, 3.8) is 0 Å². The van der Waals surface area contributed by atoms with E-state index >= 15 is 0 Å². The summed E-state index contributed by atoms with van der Waals surface area (Å²) < 4.78 is 11.8. The summed E-state index contributed by atoms with van der Waals surface area (Å²) in [6.07, 6.45) is 2.47. The smallest absolute Gasteiger partial charge is 0.327 e. The number of carbonyl (C=O) groups is 1. The quantitative estimate of drug-likeness (QED) is 0.528. The Morgan fingerprint density at radius 2 is 2.15 bits per heavy atom. The molecule has 13 heavy (non-hydrogen) atoms. The van der Waals surface area contributed by atoms with E-state index in [2.05, 4.69) is 0 Å². The number of hydrogen-bond donors (Lipinski definition) is 3. The standard InChI is InChI=1S/C8H15FN2O2/c9-5-4-8(11,7(12)13)3-1-2-6-10/h4-5H,1-3,6,10-11H2,(H,12,13)/b5-4-/t8-/m1/s1. The summed E-state index contributed by atoms with van der Waals surface area (Å²) in [6.45, 7) is 0.481. The number of rotatable bonds is 6. The molecule has 0 saturated heterocycles. The Balaban J connectivity index is 4.17. The molecule has 0 unspecified atom stereocenters. The highest BCUT2D eigenvalue weighted by Gasteiger charge is 2.30. The highest BCUT2D eigenvalue weighted by molar-refractivity contribution is 5.81. The molecule has 0 aromatic heterocycles. The maximum atomic E-state index is 11.8. The van der Waals surface area contributed by atoms with Crippen LogP contribution in [0.1, 0.15) is 19.3 Å². The zero-order valence-electron chi connectivity index (χ0n) is 7.37. The van der Waals surface area contributed by atoms with Crippen molar-refractivity contribution in [1.29, 1.82) is 0 Å². The van der Waals surface area contributed by atoms with Gasteiger partial charge in [-0.05, 0) is 31.9 Å². The van der Waals surface area contributed by atoms with Gasteiger partial charge in [0.1, 0.15) is 5.54 Å². The van der Waals surface area contributed by atoms with Gasteiger partial charge in [0.2, 0.25) is 0 Å². The van der Waals surface area contributed by atoms with Gasteiger partial charge in [0.05, 0.1) is 6.33 Å². The van der Waals surface area contributed by atoms with Gasteiger partial charge in [0.15, 0.2) is 0 Å². The molecule has 0 aliphatic rings. The topological polar surface area (TPSA) is 89.3 Å². The van der Waals surface area contributed by atoms with Crippen molar-refractivity contribution >= 4 is 5.97 Å². The van der Waals surface area contributed by atoms with E-state index in [9.17, 15) is 9.18 Å². The summed E-state index contributed by atoms with van der Waals surface area (Å²) in [5, 5.41) is 8.69. The first-order valence-corrected chi connectivity index (χ1v) is 4.07. The van der Waals surface area contributed by atoms with E-state index in [0.29, 0.717) is 19.4 Å². The van der Waals surface area contributed by atoms with Crippen molar-refractivity contribution in [3.8, 4) is 0 Å². The first-order chi connectivity index (χ1) is 6.06. The van der Waals surface area contributed by atoms with Gasteiger partial charge >= 0.3 is 5.97 Å². The van der Waals surface area contributed by atoms with Crippen molar-refractivity contribution in [1.82, 2.24) is 0 Å². The largest absolute Gasteiger partial charge is 0.480 e. The minimum absolute atomic E-state index is 0.163. The predicted octanol–water partition coefficient (Wildman–Crippen LogP) is 0.381. The third kappa shape index (κ3) is 4.00. The summed E-state index contributed by atoms with van der Waals surface area (Å²) in [5.74, 6) is -1.22. The van der Waals surface area contributed by atoms with Crippen molar-refractivity contribution in [2.24, 2.45) is 11.5 Å². The van der Waals surface area contributed by atoms with Crippen LogP contribution in [0.5, 0.6) is 0 Å². The van der Waals surface area contributed by atoms with Crippen LogP contribution in [0.25, 0.3) is 0 Å². The van der Waals surface area contributed by atoms with Crippen LogP contribution in [-0.2, 0) is 4.79 Å². The van der Waals surface area contributed by atoms with Crippen LogP contribution in [-0.4, -0.2) is 23.2 Å². The lowest BCUT2D eigenvalue weighted by Crippen LogP contribution is -2.46. The number of halogens is 1. The number of carboxylic acids is 1. The third-order valence-electron chi connectivity index (χ3n) is 1.80. The van der Waals surface area contributed by atoms with E-state index in [1.807, 2.05) is 0 Å². The second-order valence-electron chi connectivity index (χ2n) is 2.88. The average Bonchev–Trinajstić information content (AvgIpc) is 2.05. The Morgan fingerprint density at radius 1 is 1.54 bits per heavy atom. The number of nitrogens with two attached hydrogens (primary N) is 2. The molecule has 0 saturated carbocycles. The van der Waals surface area contributed by atoms with Gasteiger partial charge < -0.3 is 16.6 Å². The van der Waals surface area contributed by atoms with Crippen LogP contribution in [0.3, 0.4) is 0 Å². The number of aliphatic carboxylic acids is 1. The molecule has 0 aliphatic carbocycles. The van der Waals surface area contributed by atoms with Crippen LogP contribution >= 0.6 is 0 Å². The second kappa shape index (κ2) is 5.66. The fraction of sp³-hybridized carbons (Fsp3) is 0.625. The molecular formula is C8H15FN2O2. The third-order valence-corrected chi connectivity index (χ3v) is 1.80. The molecule has 0 bridgehead atoms. The van der Waals surface area contributed by atoms with Gasteiger partial charge in [-0.1, -0.05) is 0 Å². The Bertz CT molecular complexity index is 197. The Labute approximate surface area is 76.4 Å². The first-order valence-electron chi connectivity index (χ1n) is 4.07. The molecule has 76 valence electrons. The van der Waals surface area contributed by atoms with Gasteiger partial charge in [0, 0.05) is 0 Å². The molecule has 0 fully saturated rings. The number of hydrogen-bond acceptors (Lipinski definition) is 3. The minimum Gasteiger partial charge on any atom is -0.480 e. The molecular weight excluding hydrogens is 175 g/mol. The minimum atomic E-state index is -1.59. The van der Waals surface area contributed by atoms with E-state index in [4.69, 9.17) is 16.6 Å².